The molecule has 6 nitrogen and oxygen atoms in total. The van der Waals surface area contributed by atoms with E-state index in [4.69, 9.17) is 4.74 Å². The van der Waals surface area contributed by atoms with Gasteiger partial charge in [0.05, 0.1) is 29.7 Å². The summed E-state index contributed by atoms with van der Waals surface area (Å²) < 4.78 is 6.58. The highest BCUT2D eigenvalue weighted by atomic mass is 32.1. The van der Waals surface area contributed by atoms with Crippen molar-refractivity contribution < 1.29 is 9.53 Å². The molecular formula is C17H23N3O3S. The number of amides is 1. The lowest BCUT2D eigenvalue weighted by Crippen LogP contribution is -2.31. The smallest absolute Gasteiger partial charge is 0.264 e. The number of methoxy groups -OCH3 is 1. The molecule has 1 saturated heterocycles. The molecule has 0 unspecified atom stereocenters. The third kappa shape index (κ3) is 3.23. The molecule has 7 heteroatoms. The second-order valence-corrected chi connectivity index (χ2v) is 7.18. The molecule has 2 aromatic heterocycles. The van der Waals surface area contributed by atoms with Gasteiger partial charge in [-0.05, 0) is 25.3 Å². The second kappa shape index (κ2) is 7.44. The van der Waals surface area contributed by atoms with Gasteiger partial charge in [-0.15, -0.1) is 11.3 Å². The molecule has 0 aromatic carbocycles. The van der Waals surface area contributed by atoms with E-state index in [1.165, 1.54) is 24.2 Å². The second-order valence-electron chi connectivity index (χ2n) is 6.18. The zero-order chi connectivity index (χ0) is 17.1. The standard InChI is InChI=1S/C17H23N3O3S/c1-12-13-15(18-11-20(16(13)21)9-10-23-2)24-14(12)17(22)19-7-5-3-4-6-8-19/h11H,3-10H2,1-2H3. The minimum atomic E-state index is -0.0966. The van der Waals surface area contributed by atoms with Crippen molar-refractivity contribution in [3.63, 3.8) is 0 Å². The molecule has 3 heterocycles. The SMILES string of the molecule is COCCn1cnc2sc(C(=O)N3CCCCCC3)c(C)c2c1=O. The molecule has 1 amide bonds. The van der Waals surface area contributed by atoms with Crippen molar-refractivity contribution in [1.82, 2.24) is 14.5 Å². The van der Waals surface area contributed by atoms with Crippen LogP contribution in [0, 0.1) is 6.92 Å². The van der Waals surface area contributed by atoms with Crippen LogP contribution >= 0.6 is 11.3 Å². The maximum Gasteiger partial charge on any atom is 0.264 e. The van der Waals surface area contributed by atoms with Gasteiger partial charge in [0.1, 0.15) is 4.83 Å². The highest BCUT2D eigenvalue weighted by Crippen LogP contribution is 2.28. The molecule has 3 rings (SSSR count). The maximum atomic E-state index is 12.9. The largest absolute Gasteiger partial charge is 0.383 e. The van der Waals surface area contributed by atoms with E-state index in [-0.39, 0.29) is 11.5 Å². The zero-order valence-corrected chi connectivity index (χ0v) is 15.0. The molecule has 0 saturated carbocycles. The molecule has 0 aliphatic carbocycles. The molecule has 0 spiro atoms. The number of nitrogens with zero attached hydrogens (tertiary/aromatic N) is 3. The van der Waals surface area contributed by atoms with E-state index in [1.807, 2.05) is 11.8 Å². The predicted molar refractivity (Wildman–Crippen MR) is 94.9 cm³/mol. The van der Waals surface area contributed by atoms with E-state index in [0.29, 0.717) is 28.2 Å². The van der Waals surface area contributed by atoms with Crippen LogP contribution in [0.1, 0.15) is 40.9 Å². The van der Waals surface area contributed by atoms with Gasteiger partial charge in [-0.2, -0.15) is 0 Å². The van der Waals surface area contributed by atoms with Crippen molar-refractivity contribution in [2.45, 2.75) is 39.2 Å². The van der Waals surface area contributed by atoms with Gasteiger partial charge in [0.15, 0.2) is 0 Å². The molecule has 1 aliphatic heterocycles. The summed E-state index contributed by atoms with van der Waals surface area (Å²) in [5.74, 6) is 0.0419. The quantitative estimate of drug-likeness (QED) is 0.850. The summed E-state index contributed by atoms with van der Waals surface area (Å²) in [7, 11) is 1.60. The van der Waals surface area contributed by atoms with Crippen LogP contribution in [-0.4, -0.2) is 47.2 Å². The number of hydrogen-bond donors (Lipinski definition) is 0. The lowest BCUT2D eigenvalue weighted by Gasteiger charge is -2.19. The van der Waals surface area contributed by atoms with Crippen LogP contribution < -0.4 is 5.56 Å². The molecular weight excluding hydrogens is 326 g/mol. The highest BCUT2D eigenvalue weighted by molar-refractivity contribution is 7.20. The Labute approximate surface area is 145 Å². The van der Waals surface area contributed by atoms with Crippen LogP contribution in [0.3, 0.4) is 0 Å². The lowest BCUT2D eigenvalue weighted by molar-refractivity contribution is 0.0766. The topological polar surface area (TPSA) is 64.4 Å². The van der Waals surface area contributed by atoms with Gasteiger partial charge in [-0.1, -0.05) is 12.8 Å². The number of hydrogen-bond acceptors (Lipinski definition) is 5. The zero-order valence-electron chi connectivity index (χ0n) is 14.2. The van der Waals surface area contributed by atoms with Crippen molar-refractivity contribution in [2.24, 2.45) is 0 Å². The third-order valence-corrected chi connectivity index (χ3v) is 5.73. The van der Waals surface area contributed by atoms with Crippen LogP contribution in [0.5, 0.6) is 0 Å². The Kier molecular flexibility index (Phi) is 5.30. The van der Waals surface area contributed by atoms with E-state index in [1.54, 1.807) is 18.0 Å². The summed E-state index contributed by atoms with van der Waals surface area (Å²) in [6.45, 7) is 4.38. The van der Waals surface area contributed by atoms with Crippen LogP contribution in [0.25, 0.3) is 10.2 Å². The summed E-state index contributed by atoms with van der Waals surface area (Å²) in [4.78, 5) is 33.2. The number of ether oxygens (including phenoxy) is 1. The average Bonchev–Trinajstić information content (AvgIpc) is 2.77. The first-order chi connectivity index (χ1) is 11.6. The maximum absolute atomic E-state index is 12.9. The van der Waals surface area contributed by atoms with Crippen molar-refractivity contribution in [1.29, 1.82) is 0 Å². The third-order valence-electron chi connectivity index (χ3n) is 4.54. The summed E-state index contributed by atoms with van der Waals surface area (Å²) in [5.41, 5.74) is 0.661. The van der Waals surface area contributed by atoms with Gasteiger partial charge in [0.25, 0.3) is 11.5 Å². The van der Waals surface area contributed by atoms with E-state index in [2.05, 4.69) is 4.98 Å². The normalized spacial score (nSPS) is 15.7. The number of aromatic nitrogens is 2. The van der Waals surface area contributed by atoms with Crippen LogP contribution in [0.2, 0.25) is 0 Å². The number of fused-ring (bicyclic) bond motifs is 1. The van der Waals surface area contributed by atoms with Crippen molar-refractivity contribution in [3.05, 3.63) is 27.1 Å². The van der Waals surface area contributed by atoms with Crippen LogP contribution in [0.4, 0.5) is 0 Å². The number of thiophene rings is 1. The molecule has 0 radical (unpaired) electrons. The number of likely N-dealkylation sites (tertiary alicyclic amines) is 1. The van der Waals surface area contributed by atoms with Crippen molar-refractivity contribution in [3.8, 4) is 0 Å². The first kappa shape index (κ1) is 17.1. The van der Waals surface area contributed by atoms with Crippen molar-refractivity contribution in [2.75, 3.05) is 26.8 Å². The number of carbonyl (C=O) groups excluding carboxylic acids is 1. The molecule has 0 bridgehead atoms. The van der Waals surface area contributed by atoms with Crippen LogP contribution in [0.15, 0.2) is 11.1 Å². The molecule has 0 atom stereocenters. The van der Waals surface area contributed by atoms with E-state index in [9.17, 15) is 9.59 Å². The Balaban J connectivity index is 1.97. The Hall–Kier alpha value is -1.73. The van der Waals surface area contributed by atoms with Gasteiger partial charge in [-0.25, -0.2) is 4.98 Å². The van der Waals surface area contributed by atoms with Crippen LogP contribution in [-0.2, 0) is 11.3 Å². The molecule has 1 fully saturated rings. The molecule has 24 heavy (non-hydrogen) atoms. The fourth-order valence-corrected chi connectivity index (χ4v) is 4.24. The van der Waals surface area contributed by atoms with E-state index in [0.717, 1.165) is 31.5 Å². The monoisotopic (exact) mass is 349 g/mol. The Morgan fingerprint density at radius 3 is 2.67 bits per heavy atom. The fraction of sp³-hybridized carbons (Fsp3) is 0.588. The Bertz CT molecular complexity index is 788. The minimum absolute atomic E-state index is 0.0419. The molecule has 0 N–H and O–H groups in total. The first-order valence-corrected chi connectivity index (χ1v) is 9.22. The van der Waals surface area contributed by atoms with Gasteiger partial charge in [0, 0.05) is 20.2 Å². The number of aryl methyl sites for hydroxylation is 1. The molecule has 130 valence electrons. The predicted octanol–water partition coefficient (Wildman–Crippen LogP) is 2.43. The minimum Gasteiger partial charge on any atom is -0.383 e. The summed E-state index contributed by atoms with van der Waals surface area (Å²) in [6.07, 6.45) is 6.01. The van der Waals surface area contributed by atoms with E-state index >= 15 is 0 Å². The van der Waals surface area contributed by atoms with E-state index < -0.39 is 0 Å². The lowest BCUT2D eigenvalue weighted by atomic mass is 10.2. The summed E-state index contributed by atoms with van der Waals surface area (Å²) in [5, 5.41) is 0.566. The van der Waals surface area contributed by atoms with Gasteiger partial charge in [-0.3, -0.25) is 14.2 Å². The Morgan fingerprint density at radius 2 is 2.00 bits per heavy atom. The van der Waals surface area contributed by atoms with Gasteiger partial charge in [0.2, 0.25) is 0 Å². The fourth-order valence-electron chi connectivity index (χ4n) is 3.13. The molecule has 2 aromatic rings. The molecule has 1 aliphatic rings. The summed E-state index contributed by atoms with van der Waals surface area (Å²) in [6, 6.07) is 0. The Morgan fingerprint density at radius 1 is 1.29 bits per heavy atom. The van der Waals surface area contributed by atoms with Gasteiger partial charge >= 0.3 is 0 Å². The number of carbonyl (C=O) groups is 1. The highest BCUT2D eigenvalue weighted by Gasteiger charge is 2.24. The average molecular weight is 349 g/mol. The first-order valence-electron chi connectivity index (χ1n) is 8.40. The van der Waals surface area contributed by atoms with Crippen molar-refractivity contribution >= 4 is 27.5 Å². The number of rotatable bonds is 4. The van der Waals surface area contributed by atoms with Gasteiger partial charge < -0.3 is 9.64 Å². The summed E-state index contributed by atoms with van der Waals surface area (Å²) >= 11 is 1.33.